The van der Waals surface area contributed by atoms with Gasteiger partial charge in [0.05, 0.1) is 24.7 Å². The first-order valence-corrected chi connectivity index (χ1v) is 4.56. The molecule has 5 nitrogen and oxygen atoms in total. The van der Waals surface area contributed by atoms with Crippen molar-refractivity contribution in [3.8, 4) is 11.5 Å². The predicted molar refractivity (Wildman–Crippen MR) is 55.6 cm³/mol. The quantitative estimate of drug-likeness (QED) is 0.566. The molecule has 0 saturated heterocycles. The third-order valence-corrected chi connectivity index (χ3v) is 1.98. The molecule has 1 aromatic carbocycles. The standard InChI is InChI=1S/C10H13NO4/c1-4-15-10-6-8(11(12)13)7(2)5-9(10)14-3/h5-6H,4H2,1-3H3. The van der Waals surface area contributed by atoms with Gasteiger partial charge in [0.2, 0.25) is 0 Å². The SMILES string of the molecule is CCOc1cc([N+](=O)[O-])c(C)cc1OC. The zero-order valence-corrected chi connectivity index (χ0v) is 8.94. The monoisotopic (exact) mass is 211 g/mol. The van der Waals surface area contributed by atoms with E-state index >= 15 is 0 Å². The van der Waals surface area contributed by atoms with Crippen molar-refractivity contribution in [3.05, 3.63) is 27.8 Å². The summed E-state index contributed by atoms with van der Waals surface area (Å²) in [5.41, 5.74) is 0.597. The number of ether oxygens (including phenoxy) is 2. The van der Waals surface area contributed by atoms with Crippen molar-refractivity contribution >= 4 is 5.69 Å². The number of hydrogen-bond acceptors (Lipinski definition) is 4. The second-order valence-corrected chi connectivity index (χ2v) is 2.98. The van der Waals surface area contributed by atoms with Crippen molar-refractivity contribution < 1.29 is 14.4 Å². The molecule has 0 heterocycles. The first-order chi connectivity index (χ1) is 7.10. The zero-order valence-electron chi connectivity index (χ0n) is 8.94. The molecule has 0 aliphatic heterocycles. The number of hydrogen-bond donors (Lipinski definition) is 0. The van der Waals surface area contributed by atoms with Gasteiger partial charge in [0.25, 0.3) is 5.69 Å². The van der Waals surface area contributed by atoms with E-state index in [2.05, 4.69) is 0 Å². The van der Waals surface area contributed by atoms with E-state index in [1.807, 2.05) is 6.92 Å². The highest BCUT2D eigenvalue weighted by Gasteiger charge is 2.16. The summed E-state index contributed by atoms with van der Waals surface area (Å²) in [7, 11) is 1.50. The number of nitro groups is 1. The summed E-state index contributed by atoms with van der Waals surface area (Å²) in [6.45, 7) is 3.91. The van der Waals surface area contributed by atoms with Crippen molar-refractivity contribution in [2.24, 2.45) is 0 Å². The third kappa shape index (κ3) is 2.37. The van der Waals surface area contributed by atoms with Crippen LogP contribution >= 0.6 is 0 Å². The Bertz CT molecular complexity index is 376. The van der Waals surface area contributed by atoms with Crippen molar-refractivity contribution in [2.75, 3.05) is 13.7 Å². The number of nitro benzene ring substituents is 1. The number of nitrogens with zero attached hydrogens (tertiary/aromatic N) is 1. The van der Waals surface area contributed by atoms with Crippen LogP contribution in [0.4, 0.5) is 5.69 Å². The summed E-state index contributed by atoms with van der Waals surface area (Å²) in [6, 6.07) is 2.99. The summed E-state index contributed by atoms with van der Waals surface area (Å²) in [5, 5.41) is 10.7. The largest absolute Gasteiger partial charge is 0.493 e. The molecule has 1 aromatic rings. The van der Waals surface area contributed by atoms with E-state index in [1.165, 1.54) is 13.2 Å². The number of benzene rings is 1. The highest BCUT2D eigenvalue weighted by Crippen LogP contribution is 2.34. The van der Waals surface area contributed by atoms with Gasteiger partial charge in [-0.25, -0.2) is 0 Å². The molecule has 15 heavy (non-hydrogen) atoms. The Morgan fingerprint density at radius 1 is 1.40 bits per heavy atom. The second-order valence-electron chi connectivity index (χ2n) is 2.98. The topological polar surface area (TPSA) is 61.6 Å². The van der Waals surface area contributed by atoms with E-state index in [9.17, 15) is 10.1 Å². The third-order valence-electron chi connectivity index (χ3n) is 1.98. The molecule has 82 valence electrons. The van der Waals surface area contributed by atoms with Crippen LogP contribution in [-0.2, 0) is 0 Å². The molecule has 0 aromatic heterocycles. The van der Waals surface area contributed by atoms with Crippen LogP contribution in [0.25, 0.3) is 0 Å². The minimum atomic E-state index is -0.433. The molecule has 0 amide bonds. The molecule has 0 aliphatic rings. The fourth-order valence-electron chi connectivity index (χ4n) is 1.28. The first-order valence-electron chi connectivity index (χ1n) is 4.56. The number of methoxy groups -OCH3 is 1. The normalized spacial score (nSPS) is 9.80. The Morgan fingerprint density at radius 3 is 2.53 bits per heavy atom. The maximum absolute atomic E-state index is 10.7. The summed E-state index contributed by atoms with van der Waals surface area (Å²) in [6.07, 6.45) is 0. The van der Waals surface area contributed by atoms with E-state index in [4.69, 9.17) is 9.47 Å². The molecule has 0 radical (unpaired) electrons. The molecule has 0 spiro atoms. The molecule has 0 unspecified atom stereocenters. The Morgan fingerprint density at radius 2 is 2.07 bits per heavy atom. The van der Waals surface area contributed by atoms with Gasteiger partial charge in [-0.2, -0.15) is 0 Å². The summed E-state index contributed by atoms with van der Waals surface area (Å²) in [4.78, 5) is 10.3. The Balaban J connectivity index is 3.23. The van der Waals surface area contributed by atoms with Gasteiger partial charge in [0.1, 0.15) is 0 Å². The van der Waals surface area contributed by atoms with Gasteiger partial charge >= 0.3 is 0 Å². The second kappa shape index (κ2) is 4.63. The number of rotatable bonds is 4. The highest BCUT2D eigenvalue weighted by atomic mass is 16.6. The van der Waals surface area contributed by atoms with Crippen LogP contribution in [0, 0.1) is 17.0 Å². The molecule has 0 bridgehead atoms. The smallest absolute Gasteiger partial charge is 0.276 e. The van der Waals surface area contributed by atoms with Gasteiger partial charge in [-0.1, -0.05) is 0 Å². The van der Waals surface area contributed by atoms with Crippen LogP contribution in [0.1, 0.15) is 12.5 Å². The van der Waals surface area contributed by atoms with Crippen molar-refractivity contribution in [1.82, 2.24) is 0 Å². The van der Waals surface area contributed by atoms with E-state index in [-0.39, 0.29) is 5.69 Å². The summed E-state index contributed by atoms with van der Waals surface area (Å²) >= 11 is 0. The highest BCUT2D eigenvalue weighted by molar-refractivity contribution is 5.53. The lowest BCUT2D eigenvalue weighted by molar-refractivity contribution is -0.385. The van der Waals surface area contributed by atoms with Crippen molar-refractivity contribution in [2.45, 2.75) is 13.8 Å². The molecule has 0 atom stereocenters. The van der Waals surface area contributed by atoms with Crippen LogP contribution in [0.2, 0.25) is 0 Å². The van der Waals surface area contributed by atoms with Gasteiger partial charge < -0.3 is 9.47 Å². The van der Waals surface area contributed by atoms with Gasteiger partial charge in [-0.15, -0.1) is 0 Å². The van der Waals surface area contributed by atoms with E-state index < -0.39 is 4.92 Å². The molecule has 0 aliphatic carbocycles. The lowest BCUT2D eigenvalue weighted by Gasteiger charge is -2.09. The Labute approximate surface area is 87.8 Å². The van der Waals surface area contributed by atoms with Gasteiger partial charge in [0.15, 0.2) is 11.5 Å². The molecule has 0 saturated carbocycles. The number of aryl methyl sites for hydroxylation is 1. The fraction of sp³-hybridized carbons (Fsp3) is 0.400. The molecule has 1 rings (SSSR count). The average molecular weight is 211 g/mol. The lowest BCUT2D eigenvalue weighted by atomic mass is 10.2. The predicted octanol–water partition coefficient (Wildman–Crippen LogP) is 2.31. The fourth-order valence-corrected chi connectivity index (χ4v) is 1.28. The molecule has 0 N–H and O–H groups in total. The van der Waals surface area contributed by atoms with E-state index in [0.29, 0.717) is 23.7 Å². The molecular weight excluding hydrogens is 198 g/mol. The molecule has 5 heteroatoms. The van der Waals surface area contributed by atoms with Gasteiger partial charge in [-0.3, -0.25) is 10.1 Å². The van der Waals surface area contributed by atoms with Crippen LogP contribution in [0.15, 0.2) is 12.1 Å². The van der Waals surface area contributed by atoms with Crippen LogP contribution in [0.3, 0.4) is 0 Å². The molecular formula is C10H13NO4. The Kier molecular flexibility index (Phi) is 3.49. The molecule has 0 fully saturated rings. The minimum absolute atomic E-state index is 0.0410. The van der Waals surface area contributed by atoms with E-state index in [1.54, 1.807) is 13.0 Å². The van der Waals surface area contributed by atoms with Crippen molar-refractivity contribution in [3.63, 3.8) is 0 Å². The van der Waals surface area contributed by atoms with Crippen LogP contribution in [-0.4, -0.2) is 18.6 Å². The zero-order chi connectivity index (χ0) is 11.4. The Hall–Kier alpha value is -1.78. The van der Waals surface area contributed by atoms with E-state index in [0.717, 1.165) is 0 Å². The first kappa shape index (κ1) is 11.3. The van der Waals surface area contributed by atoms with Gasteiger partial charge in [-0.05, 0) is 19.9 Å². The van der Waals surface area contributed by atoms with Gasteiger partial charge in [0, 0.05) is 5.56 Å². The maximum Gasteiger partial charge on any atom is 0.276 e. The average Bonchev–Trinajstić information content (AvgIpc) is 2.20. The summed E-state index contributed by atoms with van der Waals surface area (Å²) in [5.74, 6) is 0.914. The minimum Gasteiger partial charge on any atom is -0.493 e. The maximum atomic E-state index is 10.7. The van der Waals surface area contributed by atoms with Crippen LogP contribution < -0.4 is 9.47 Å². The lowest BCUT2D eigenvalue weighted by Crippen LogP contribution is -1.99. The van der Waals surface area contributed by atoms with Crippen LogP contribution in [0.5, 0.6) is 11.5 Å². The summed E-state index contributed by atoms with van der Waals surface area (Å²) < 4.78 is 10.3. The van der Waals surface area contributed by atoms with Crippen molar-refractivity contribution in [1.29, 1.82) is 0 Å².